The van der Waals surface area contributed by atoms with Gasteiger partial charge in [0.15, 0.2) is 11.7 Å². The van der Waals surface area contributed by atoms with Crippen molar-refractivity contribution in [2.75, 3.05) is 26.6 Å². The summed E-state index contributed by atoms with van der Waals surface area (Å²) in [5.74, 6) is 2.93. The van der Waals surface area contributed by atoms with E-state index in [1.165, 1.54) is 0 Å². The molecule has 0 amide bonds. The zero-order chi connectivity index (χ0) is 21.1. The molecule has 1 aliphatic carbocycles. The topological polar surface area (TPSA) is 101 Å². The Morgan fingerprint density at radius 2 is 1.80 bits per heavy atom. The fourth-order valence-corrected chi connectivity index (χ4v) is 3.29. The molecular weight excluding hydrogens is 408 g/mol. The zero-order valence-electron chi connectivity index (χ0n) is 16.7. The first kappa shape index (κ1) is 20.4. The Morgan fingerprint density at radius 1 is 1.07 bits per heavy atom. The number of methoxy groups -OCH3 is 1. The van der Waals surface area contributed by atoms with E-state index in [-0.39, 0.29) is 13.2 Å². The van der Waals surface area contributed by atoms with Crippen LogP contribution >= 0.6 is 0 Å². The third-order valence-corrected chi connectivity index (χ3v) is 5.15. The van der Waals surface area contributed by atoms with Crippen molar-refractivity contribution in [3.63, 3.8) is 0 Å². The normalized spacial score (nSPS) is 13.9. The van der Waals surface area contributed by atoms with E-state index in [1.54, 1.807) is 31.5 Å². The third-order valence-electron chi connectivity index (χ3n) is 4.56. The first-order valence-corrected chi connectivity index (χ1v) is 11.3. The van der Waals surface area contributed by atoms with Gasteiger partial charge in [-0.3, -0.25) is 4.18 Å². The lowest BCUT2D eigenvalue weighted by molar-refractivity contribution is 0.222. The fraction of sp³-hybridized carbons (Fsp3) is 0.333. The summed E-state index contributed by atoms with van der Waals surface area (Å²) in [5, 5.41) is 0. The molecule has 9 heteroatoms. The molecule has 1 fully saturated rings. The average Bonchev–Trinajstić information content (AvgIpc) is 3.50. The van der Waals surface area contributed by atoms with Crippen LogP contribution in [0.4, 0.5) is 0 Å². The van der Waals surface area contributed by atoms with Crippen LogP contribution in [0.15, 0.2) is 47.0 Å². The van der Waals surface area contributed by atoms with Gasteiger partial charge in [-0.25, -0.2) is 9.97 Å². The number of benzene rings is 1. The molecule has 158 valence electrons. The molecule has 3 aromatic rings. The molecule has 0 atom stereocenters. The second-order valence-corrected chi connectivity index (χ2v) is 8.64. The molecule has 4 rings (SSSR count). The van der Waals surface area contributed by atoms with Crippen molar-refractivity contribution in [3.8, 4) is 34.2 Å². The second-order valence-electron chi connectivity index (χ2n) is 6.99. The number of hydrogen-bond donors (Lipinski definition) is 0. The van der Waals surface area contributed by atoms with Gasteiger partial charge in [-0.2, -0.15) is 8.42 Å². The van der Waals surface area contributed by atoms with Crippen LogP contribution < -0.4 is 9.47 Å². The molecule has 1 aliphatic rings. The van der Waals surface area contributed by atoms with E-state index >= 15 is 0 Å². The summed E-state index contributed by atoms with van der Waals surface area (Å²) in [4.78, 5) is 9.00. The van der Waals surface area contributed by atoms with E-state index in [0.29, 0.717) is 23.3 Å². The average molecular weight is 430 g/mol. The maximum atomic E-state index is 11.0. The molecule has 0 spiro atoms. The number of rotatable bonds is 9. The second kappa shape index (κ2) is 8.45. The Hall–Kier alpha value is -2.91. The van der Waals surface area contributed by atoms with Crippen LogP contribution in [0.5, 0.6) is 11.6 Å². The highest BCUT2D eigenvalue weighted by molar-refractivity contribution is 7.85. The molecule has 0 N–H and O–H groups in total. The fourth-order valence-electron chi connectivity index (χ4n) is 2.92. The lowest BCUT2D eigenvalue weighted by Crippen LogP contribution is -2.11. The van der Waals surface area contributed by atoms with Crippen LogP contribution in [0.2, 0.25) is 0 Å². The van der Waals surface area contributed by atoms with Gasteiger partial charge in [0.1, 0.15) is 24.7 Å². The van der Waals surface area contributed by atoms with Crippen molar-refractivity contribution in [2.45, 2.75) is 18.8 Å². The van der Waals surface area contributed by atoms with Gasteiger partial charge in [0.05, 0.1) is 13.4 Å². The standard InChI is InChI=1S/C21H22N2O6S/c1-26-18-10-7-16(13-22-18)19-20(29-21(23-19)15-3-4-15)14-5-8-17(9-6-14)27-11-12-28-30(2,24)25/h5-10,13,15H,3-4,11-12H2,1-2H3. The van der Waals surface area contributed by atoms with E-state index in [4.69, 9.17) is 18.9 Å². The van der Waals surface area contributed by atoms with Crippen molar-refractivity contribution in [3.05, 3.63) is 48.5 Å². The molecule has 1 saturated carbocycles. The van der Waals surface area contributed by atoms with Crippen molar-refractivity contribution < 1.29 is 26.5 Å². The Bertz CT molecular complexity index is 1100. The summed E-state index contributed by atoms with van der Waals surface area (Å²) in [6.45, 7) is 0.0887. The molecule has 2 heterocycles. The predicted molar refractivity (Wildman–Crippen MR) is 110 cm³/mol. The van der Waals surface area contributed by atoms with Gasteiger partial charge in [-0.15, -0.1) is 0 Å². The molecule has 0 saturated heterocycles. The largest absolute Gasteiger partial charge is 0.491 e. The van der Waals surface area contributed by atoms with Gasteiger partial charge in [-0.1, -0.05) is 0 Å². The number of hydrogen-bond acceptors (Lipinski definition) is 8. The quantitative estimate of drug-likeness (QED) is 0.375. The molecular formula is C21H22N2O6S. The number of ether oxygens (including phenoxy) is 2. The zero-order valence-corrected chi connectivity index (χ0v) is 17.5. The Balaban J connectivity index is 1.54. The summed E-state index contributed by atoms with van der Waals surface area (Å²) in [7, 11) is -1.89. The van der Waals surface area contributed by atoms with Gasteiger partial charge in [0.25, 0.3) is 10.1 Å². The molecule has 1 aromatic carbocycles. The van der Waals surface area contributed by atoms with Crippen molar-refractivity contribution >= 4 is 10.1 Å². The minimum atomic E-state index is -3.47. The lowest BCUT2D eigenvalue weighted by atomic mass is 10.1. The predicted octanol–water partition coefficient (Wildman–Crippen LogP) is 3.64. The first-order valence-electron chi connectivity index (χ1n) is 9.52. The molecule has 0 bridgehead atoms. The van der Waals surface area contributed by atoms with Crippen LogP contribution in [0.3, 0.4) is 0 Å². The highest BCUT2D eigenvalue weighted by atomic mass is 32.2. The van der Waals surface area contributed by atoms with Crippen LogP contribution in [-0.4, -0.2) is 45.0 Å². The monoisotopic (exact) mass is 430 g/mol. The van der Waals surface area contributed by atoms with E-state index in [9.17, 15) is 8.42 Å². The van der Waals surface area contributed by atoms with Crippen LogP contribution in [-0.2, 0) is 14.3 Å². The van der Waals surface area contributed by atoms with E-state index < -0.39 is 10.1 Å². The SMILES string of the molecule is COc1ccc(-c2nc(C3CC3)oc2-c2ccc(OCCOS(C)(=O)=O)cc2)cn1. The third kappa shape index (κ3) is 4.98. The molecule has 30 heavy (non-hydrogen) atoms. The van der Waals surface area contributed by atoms with Crippen LogP contribution in [0, 0.1) is 0 Å². The van der Waals surface area contributed by atoms with Gasteiger partial charge in [0, 0.05) is 29.3 Å². The van der Waals surface area contributed by atoms with Crippen LogP contribution in [0.25, 0.3) is 22.6 Å². The van der Waals surface area contributed by atoms with Gasteiger partial charge >= 0.3 is 0 Å². The number of pyridine rings is 1. The van der Waals surface area contributed by atoms with Crippen LogP contribution in [0.1, 0.15) is 24.7 Å². The minimum absolute atomic E-state index is 0.0396. The summed E-state index contributed by atoms with van der Waals surface area (Å²) in [5.41, 5.74) is 2.45. The van der Waals surface area contributed by atoms with E-state index in [1.807, 2.05) is 18.2 Å². The van der Waals surface area contributed by atoms with Crippen molar-refractivity contribution in [1.82, 2.24) is 9.97 Å². The Labute approximate surface area is 175 Å². The summed E-state index contributed by atoms with van der Waals surface area (Å²) < 4.78 is 43.4. The van der Waals surface area contributed by atoms with Crippen molar-refractivity contribution in [2.24, 2.45) is 0 Å². The van der Waals surface area contributed by atoms with Gasteiger partial charge in [-0.05, 0) is 43.2 Å². The summed E-state index contributed by atoms with van der Waals surface area (Å²) >= 11 is 0. The maximum Gasteiger partial charge on any atom is 0.264 e. The maximum absolute atomic E-state index is 11.0. The number of oxazole rings is 1. The highest BCUT2D eigenvalue weighted by Gasteiger charge is 2.31. The summed E-state index contributed by atoms with van der Waals surface area (Å²) in [6.07, 6.45) is 4.90. The molecule has 0 radical (unpaired) electrons. The summed E-state index contributed by atoms with van der Waals surface area (Å²) in [6, 6.07) is 11.0. The number of aromatic nitrogens is 2. The van der Waals surface area contributed by atoms with Gasteiger partial charge < -0.3 is 13.9 Å². The molecule has 0 unspecified atom stereocenters. The highest BCUT2D eigenvalue weighted by Crippen LogP contribution is 2.43. The van der Waals surface area contributed by atoms with E-state index in [2.05, 4.69) is 9.17 Å². The first-order chi connectivity index (χ1) is 14.4. The Morgan fingerprint density at radius 3 is 2.40 bits per heavy atom. The minimum Gasteiger partial charge on any atom is -0.491 e. The smallest absolute Gasteiger partial charge is 0.264 e. The van der Waals surface area contributed by atoms with Gasteiger partial charge in [0.2, 0.25) is 5.88 Å². The molecule has 2 aromatic heterocycles. The molecule has 0 aliphatic heterocycles. The van der Waals surface area contributed by atoms with Crippen molar-refractivity contribution in [1.29, 1.82) is 0 Å². The number of nitrogens with zero attached hydrogens (tertiary/aromatic N) is 2. The molecule has 8 nitrogen and oxygen atoms in total. The van der Waals surface area contributed by atoms with E-state index in [0.717, 1.165) is 41.8 Å². The lowest BCUT2D eigenvalue weighted by Gasteiger charge is -2.07. The Kier molecular flexibility index (Phi) is 5.74.